The van der Waals surface area contributed by atoms with E-state index in [1.165, 1.54) is 12.1 Å². The lowest BCUT2D eigenvalue weighted by Gasteiger charge is -2.07. The van der Waals surface area contributed by atoms with Crippen LogP contribution < -0.4 is 5.32 Å². The zero-order valence-corrected chi connectivity index (χ0v) is 13.6. The van der Waals surface area contributed by atoms with Gasteiger partial charge >= 0.3 is 0 Å². The van der Waals surface area contributed by atoms with Crippen LogP contribution in [-0.2, 0) is 6.42 Å². The van der Waals surface area contributed by atoms with Crippen LogP contribution in [0.4, 0.5) is 11.5 Å². The van der Waals surface area contributed by atoms with Gasteiger partial charge < -0.3 is 5.32 Å². The minimum Gasteiger partial charge on any atom is -0.370 e. The molecule has 0 saturated carbocycles. The molecule has 8 heteroatoms. The van der Waals surface area contributed by atoms with Crippen molar-refractivity contribution in [3.05, 3.63) is 56.0 Å². The predicted octanol–water partition coefficient (Wildman–Crippen LogP) is 3.43. The van der Waals surface area contributed by atoms with Crippen LogP contribution in [-0.4, -0.2) is 21.4 Å². The molecule has 1 aromatic carbocycles. The summed E-state index contributed by atoms with van der Waals surface area (Å²) in [6, 6.07) is 8.01. The number of rotatable bonds is 5. The largest absolute Gasteiger partial charge is 0.370 e. The second-order valence-corrected chi connectivity index (χ2v) is 6.22. The van der Waals surface area contributed by atoms with Crippen LogP contribution in [0.25, 0.3) is 10.9 Å². The minimum absolute atomic E-state index is 0.0552. The Hall–Kier alpha value is -3.05. The van der Waals surface area contributed by atoms with Crippen molar-refractivity contribution in [2.24, 2.45) is 0 Å². The Bertz CT molecular complexity index is 961. The molecule has 3 aromatic rings. The summed E-state index contributed by atoms with van der Waals surface area (Å²) < 4.78 is 0. The molecule has 0 fully saturated rings. The standard InChI is InChI=1S/C16H13N5O2S/c1-10-19-12(9-24-10)4-5-18-16-6-11(8-17)14-7-13(21(22)23)2-3-15(14)20-16/h2-3,6-7,9H,4-5H2,1H3,(H,18,20). The number of nitrogens with one attached hydrogen (secondary N) is 1. The Labute approximate surface area is 141 Å². The number of fused-ring (bicyclic) bond motifs is 1. The predicted molar refractivity (Wildman–Crippen MR) is 92.2 cm³/mol. The molecule has 0 aliphatic rings. The van der Waals surface area contributed by atoms with Gasteiger partial charge in [-0.25, -0.2) is 9.97 Å². The van der Waals surface area contributed by atoms with Gasteiger partial charge in [-0.15, -0.1) is 11.3 Å². The highest BCUT2D eigenvalue weighted by Crippen LogP contribution is 2.24. The number of nitrogens with zero attached hydrogens (tertiary/aromatic N) is 4. The van der Waals surface area contributed by atoms with E-state index in [1.807, 2.05) is 12.3 Å². The lowest BCUT2D eigenvalue weighted by atomic mass is 10.1. The molecule has 7 nitrogen and oxygen atoms in total. The third-order valence-electron chi connectivity index (χ3n) is 3.48. The Morgan fingerprint density at radius 3 is 2.88 bits per heavy atom. The number of nitro benzene ring substituents is 1. The smallest absolute Gasteiger partial charge is 0.270 e. The molecule has 1 N–H and O–H groups in total. The molecule has 120 valence electrons. The van der Waals surface area contributed by atoms with E-state index in [-0.39, 0.29) is 5.69 Å². The van der Waals surface area contributed by atoms with Crippen molar-refractivity contribution in [1.29, 1.82) is 5.26 Å². The summed E-state index contributed by atoms with van der Waals surface area (Å²) in [5, 5.41) is 26.9. The van der Waals surface area contributed by atoms with Crippen molar-refractivity contribution >= 4 is 33.7 Å². The first-order chi connectivity index (χ1) is 11.6. The highest BCUT2D eigenvalue weighted by atomic mass is 32.1. The van der Waals surface area contributed by atoms with E-state index in [0.29, 0.717) is 28.8 Å². The van der Waals surface area contributed by atoms with Gasteiger partial charge in [0.15, 0.2) is 0 Å². The van der Waals surface area contributed by atoms with Crippen molar-refractivity contribution in [1.82, 2.24) is 9.97 Å². The van der Waals surface area contributed by atoms with Crippen molar-refractivity contribution in [3.8, 4) is 6.07 Å². The van der Waals surface area contributed by atoms with Crippen LogP contribution in [0.3, 0.4) is 0 Å². The van der Waals surface area contributed by atoms with Crippen LogP contribution in [0.5, 0.6) is 0 Å². The molecule has 2 aromatic heterocycles. The van der Waals surface area contributed by atoms with E-state index >= 15 is 0 Å². The molecule has 3 rings (SSSR count). The molecule has 0 unspecified atom stereocenters. The van der Waals surface area contributed by atoms with Gasteiger partial charge in [0.05, 0.1) is 32.8 Å². The molecule has 0 amide bonds. The number of thiazole rings is 1. The zero-order chi connectivity index (χ0) is 17.1. The third kappa shape index (κ3) is 3.31. The molecule has 0 bridgehead atoms. The normalized spacial score (nSPS) is 10.5. The minimum atomic E-state index is -0.484. The first-order valence-electron chi connectivity index (χ1n) is 7.21. The van der Waals surface area contributed by atoms with Crippen molar-refractivity contribution in [2.75, 3.05) is 11.9 Å². The van der Waals surface area contributed by atoms with Gasteiger partial charge in [-0.05, 0) is 19.1 Å². The average molecular weight is 339 g/mol. The van der Waals surface area contributed by atoms with Gasteiger partial charge in [-0.2, -0.15) is 5.26 Å². The summed E-state index contributed by atoms with van der Waals surface area (Å²) in [5.41, 5.74) is 1.87. The number of aryl methyl sites for hydroxylation is 1. The number of hydrogen-bond acceptors (Lipinski definition) is 7. The number of aromatic nitrogens is 2. The van der Waals surface area contributed by atoms with Gasteiger partial charge in [-0.1, -0.05) is 0 Å². The molecular formula is C16H13N5O2S. The van der Waals surface area contributed by atoms with Gasteiger partial charge in [0.2, 0.25) is 0 Å². The maximum atomic E-state index is 10.9. The highest BCUT2D eigenvalue weighted by Gasteiger charge is 2.11. The maximum absolute atomic E-state index is 10.9. The fourth-order valence-electron chi connectivity index (χ4n) is 2.35. The number of nitriles is 1. The summed E-state index contributed by atoms with van der Waals surface area (Å²) in [4.78, 5) is 19.2. The van der Waals surface area contributed by atoms with Crippen molar-refractivity contribution in [2.45, 2.75) is 13.3 Å². The molecule has 0 aliphatic carbocycles. The second kappa shape index (κ2) is 6.60. The van der Waals surface area contributed by atoms with Gasteiger partial charge in [0.1, 0.15) is 5.82 Å². The summed E-state index contributed by atoms with van der Waals surface area (Å²) in [7, 11) is 0. The average Bonchev–Trinajstić information content (AvgIpc) is 2.98. The first kappa shape index (κ1) is 15.8. The molecule has 0 saturated heterocycles. The molecule has 0 radical (unpaired) electrons. The van der Waals surface area contributed by atoms with Gasteiger partial charge in [0.25, 0.3) is 5.69 Å². The summed E-state index contributed by atoms with van der Waals surface area (Å²) in [5.74, 6) is 0.569. The van der Waals surface area contributed by atoms with Crippen molar-refractivity contribution in [3.63, 3.8) is 0 Å². The first-order valence-corrected chi connectivity index (χ1v) is 8.09. The highest BCUT2D eigenvalue weighted by molar-refractivity contribution is 7.09. The van der Waals surface area contributed by atoms with E-state index in [9.17, 15) is 15.4 Å². The SMILES string of the molecule is Cc1nc(CCNc2cc(C#N)c3cc([N+](=O)[O-])ccc3n2)cs1. The molecule has 0 atom stereocenters. The van der Waals surface area contributed by atoms with Crippen LogP contribution in [0, 0.1) is 28.4 Å². The van der Waals surface area contributed by atoms with Crippen LogP contribution >= 0.6 is 11.3 Å². The van der Waals surface area contributed by atoms with E-state index in [1.54, 1.807) is 23.5 Å². The Morgan fingerprint density at radius 2 is 2.21 bits per heavy atom. The number of non-ortho nitro benzene ring substituents is 1. The van der Waals surface area contributed by atoms with E-state index in [0.717, 1.165) is 17.1 Å². The summed E-state index contributed by atoms with van der Waals surface area (Å²) in [6.07, 6.45) is 0.756. The van der Waals surface area contributed by atoms with E-state index in [4.69, 9.17) is 0 Å². The Morgan fingerprint density at radius 1 is 1.38 bits per heavy atom. The summed E-state index contributed by atoms with van der Waals surface area (Å²) in [6.45, 7) is 2.60. The molecule has 0 aliphatic heterocycles. The lowest BCUT2D eigenvalue weighted by molar-refractivity contribution is -0.384. The number of hydrogen-bond donors (Lipinski definition) is 1. The van der Waals surface area contributed by atoms with E-state index in [2.05, 4.69) is 21.4 Å². The topological polar surface area (TPSA) is 105 Å². The van der Waals surface area contributed by atoms with Gasteiger partial charge in [-0.3, -0.25) is 10.1 Å². The van der Waals surface area contributed by atoms with Crippen LogP contribution in [0.15, 0.2) is 29.6 Å². The summed E-state index contributed by atoms with van der Waals surface area (Å²) >= 11 is 1.61. The molecule has 24 heavy (non-hydrogen) atoms. The second-order valence-electron chi connectivity index (χ2n) is 5.16. The fourth-order valence-corrected chi connectivity index (χ4v) is 3.00. The third-order valence-corrected chi connectivity index (χ3v) is 4.30. The Balaban J connectivity index is 1.83. The molecular weight excluding hydrogens is 326 g/mol. The zero-order valence-electron chi connectivity index (χ0n) is 12.8. The van der Waals surface area contributed by atoms with Gasteiger partial charge in [0, 0.05) is 35.9 Å². The molecule has 0 spiro atoms. The quantitative estimate of drug-likeness (QED) is 0.564. The van der Waals surface area contributed by atoms with Crippen molar-refractivity contribution < 1.29 is 4.92 Å². The monoisotopic (exact) mass is 339 g/mol. The molecule has 2 heterocycles. The number of anilines is 1. The lowest BCUT2D eigenvalue weighted by Crippen LogP contribution is -2.07. The van der Waals surface area contributed by atoms with E-state index < -0.39 is 4.92 Å². The Kier molecular flexibility index (Phi) is 4.35. The number of pyridine rings is 1. The number of nitro groups is 1. The van der Waals surface area contributed by atoms with Crippen LogP contribution in [0.2, 0.25) is 0 Å². The number of benzene rings is 1. The maximum Gasteiger partial charge on any atom is 0.270 e. The van der Waals surface area contributed by atoms with Crippen LogP contribution in [0.1, 0.15) is 16.3 Å². The fraction of sp³-hybridized carbons (Fsp3) is 0.188.